The zero-order valence-electron chi connectivity index (χ0n) is 17.0. The number of nitrogens with one attached hydrogen (secondary N) is 1. The number of carbonyl (C=O) groups excluding carboxylic acids is 1. The van der Waals surface area contributed by atoms with Crippen LogP contribution in [0.5, 0.6) is 11.5 Å². The van der Waals surface area contributed by atoms with Gasteiger partial charge in [0, 0.05) is 24.3 Å². The van der Waals surface area contributed by atoms with Crippen LogP contribution in [-0.4, -0.2) is 18.8 Å². The van der Waals surface area contributed by atoms with Crippen molar-refractivity contribution in [3.63, 3.8) is 0 Å². The fourth-order valence-corrected chi connectivity index (χ4v) is 4.08. The van der Waals surface area contributed by atoms with Crippen LogP contribution in [0.2, 0.25) is 0 Å². The second-order valence-corrected chi connectivity index (χ2v) is 7.49. The number of benzene rings is 2. The van der Waals surface area contributed by atoms with Crippen LogP contribution >= 0.6 is 0 Å². The Labute approximate surface area is 179 Å². The standard InChI is InChI=1S/C24H21FN2O4/c1-29-21-11-15(8-9-19(21)30-13-14-4-2-5-16(25)10-14)22-17(12-26)24(27)31-20-7-3-6-18(28)23(20)22/h2,4-5,8-11,17,22,27H,3,6-7,13H2,1H3. The van der Waals surface area contributed by atoms with Crippen molar-refractivity contribution >= 4 is 11.7 Å². The molecule has 2 atom stereocenters. The monoisotopic (exact) mass is 420 g/mol. The van der Waals surface area contributed by atoms with E-state index in [1.807, 2.05) is 0 Å². The fourth-order valence-electron chi connectivity index (χ4n) is 4.08. The third-order valence-corrected chi connectivity index (χ3v) is 5.54. The number of halogens is 1. The summed E-state index contributed by atoms with van der Waals surface area (Å²) >= 11 is 0. The molecule has 2 aliphatic rings. The van der Waals surface area contributed by atoms with Gasteiger partial charge in [0.05, 0.1) is 13.2 Å². The Balaban J connectivity index is 1.67. The fraction of sp³-hybridized carbons (Fsp3) is 0.292. The maximum atomic E-state index is 13.4. The maximum absolute atomic E-state index is 13.4. The van der Waals surface area contributed by atoms with E-state index in [1.54, 1.807) is 30.3 Å². The van der Waals surface area contributed by atoms with Gasteiger partial charge in [-0.1, -0.05) is 18.2 Å². The lowest BCUT2D eigenvalue weighted by Crippen LogP contribution is -2.34. The van der Waals surface area contributed by atoms with Gasteiger partial charge in [0.1, 0.15) is 24.1 Å². The van der Waals surface area contributed by atoms with Crippen LogP contribution in [0.1, 0.15) is 36.3 Å². The highest BCUT2D eigenvalue weighted by Crippen LogP contribution is 2.45. The van der Waals surface area contributed by atoms with Crippen LogP contribution in [0, 0.1) is 28.5 Å². The van der Waals surface area contributed by atoms with E-state index >= 15 is 0 Å². The number of Topliss-reactive ketones (excluding diaryl/α,β-unsaturated/α-hetero) is 1. The normalized spacial score (nSPS) is 20.5. The minimum Gasteiger partial charge on any atom is -0.493 e. The molecule has 0 bridgehead atoms. The maximum Gasteiger partial charge on any atom is 0.205 e. The summed E-state index contributed by atoms with van der Waals surface area (Å²) in [5.74, 6) is -0.665. The zero-order chi connectivity index (χ0) is 22.0. The Morgan fingerprint density at radius 3 is 2.81 bits per heavy atom. The second-order valence-electron chi connectivity index (χ2n) is 7.49. The second kappa shape index (κ2) is 8.60. The van der Waals surface area contributed by atoms with Crippen LogP contribution in [0.3, 0.4) is 0 Å². The number of methoxy groups -OCH3 is 1. The van der Waals surface area contributed by atoms with Gasteiger partial charge >= 0.3 is 0 Å². The molecular formula is C24H21FN2O4. The van der Waals surface area contributed by atoms with E-state index in [9.17, 15) is 14.4 Å². The topological polar surface area (TPSA) is 92.4 Å². The van der Waals surface area contributed by atoms with E-state index in [4.69, 9.17) is 19.6 Å². The summed E-state index contributed by atoms with van der Waals surface area (Å²) in [6.45, 7) is 0.157. The molecular weight excluding hydrogens is 399 g/mol. The van der Waals surface area contributed by atoms with E-state index < -0.39 is 11.8 Å². The van der Waals surface area contributed by atoms with Crippen molar-refractivity contribution in [2.45, 2.75) is 31.8 Å². The molecule has 6 nitrogen and oxygen atoms in total. The van der Waals surface area contributed by atoms with E-state index in [2.05, 4.69) is 6.07 Å². The van der Waals surface area contributed by atoms with Crippen molar-refractivity contribution in [3.8, 4) is 17.6 Å². The number of nitrogens with zero attached hydrogens (tertiary/aromatic N) is 1. The molecule has 1 N–H and O–H groups in total. The molecule has 0 aromatic heterocycles. The number of allylic oxidation sites excluding steroid dienone is 2. The predicted octanol–water partition coefficient (Wildman–Crippen LogP) is 4.65. The third kappa shape index (κ3) is 4.02. The van der Waals surface area contributed by atoms with Gasteiger partial charge in [-0.2, -0.15) is 5.26 Å². The number of hydrogen-bond acceptors (Lipinski definition) is 6. The first-order valence-electron chi connectivity index (χ1n) is 9.99. The Hall–Kier alpha value is -3.66. The van der Waals surface area contributed by atoms with Gasteiger partial charge < -0.3 is 14.2 Å². The largest absolute Gasteiger partial charge is 0.493 e. The minimum atomic E-state index is -0.899. The van der Waals surface area contributed by atoms with Crippen LogP contribution in [-0.2, 0) is 16.1 Å². The molecule has 2 unspecified atom stereocenters. The number of carbonyl (C=O) groups is 1. The van der Waals surface area contributed by atoms with Gasteiger partial charge in [0.15, 0.2) is 17.3 Å². The Bertz CT molecular complexity index is 1120. The van der Waals surface area contributed by atoms with Gasteiger partial charge in [0.2, 0.25) is 5.90 Å². The molecule has 4 rings (SSSR count). The van der Waals surface area contributed by atoms with Crippen LogP contribution < -0.4 is 9.47 Å². The molecule has 1 heterocycles. The molecule has 0 saturated heterocycles. The predicted molar refractivity (Wildman–Crippen MR) is 110 cm³/mol. The van der Waals surface area contributed by atoms with Gasteiger partial charge in [-0.15, -0.1) is 0 Å². The van der Waals surface area contributed by atoms with Gasteiger partial charge in [0.25, 0.3) is 0 Å². The molecule has 2 aromatic rings. The highest BCUT2D eigenvalue weighted by Gasteiger charge is 2.42. The zero-order valence-corrected chi connectivity index (χ0v) is 17.0. The molecule has 158 valence electrons. The van der Waals surface area contributed by atoms with E-state index in [-0.39, 0.29) is 24.1 Å². The molecule has 31 heavy (non-hydrogen) atoms. The number of nitriles is 1. The summed E-state index contributed by atoms with van der Waals surface area (Å²) in [5.41, 5.74) is 1.83. The van der Waals surface area contributed by atoms with Crippen LogP contribution in [0.15, 0.2) is 53.8 Å². The molecule has 0 amide bonds. The van der Waals surface area contributed by atoms with Crippen molar-refractivity contribution < 1.29 is 23.4 Å². The van der Waals surface area contributed by atoms with Gasteiger partial charge in [-0.25, -0.2) is 4.39 Å². The molecule has 2 aromatic carbocycles. The summed E-state index contributed by atoms with van der Waals surface area (Å²) < 4.78 is 30.2. The smallest absolute Gasteiger partial charge is 0.205 e. The first kappa shape index (κ1) is 20.6. The lowest BCUT2D eigenvalue weighted by atomic mass is 9.74. The summed E-state index contributed by atoms with van der Waals surface area (Å²) in [5, 5.41) is 17.8. The Kier molecular flexibility index (Phi) is 5.72. The quantitative estimate of drug-likeness (QED) is 0.760. The lowest BCUT2D eigenvalue weighted by Gasteiger charge is -2.34. The molecule has 1 aliphatic carbocycles. The molecule has 0 fully saturated rings. The summed E-state index contributed by atoms with van der Waals surface area (Å²) in [6, 6.07) is 13.4. The van der Waals surface area contributed by atoms with Crippen molar-refractivity contribution in [3.05, 3.63) is 70.7 Å². The number of hydrogen-bond donors (Lipinski definition) is 1. The first-order valence-corrected chi connectivity index (χ1v) is 9.99. The van der Waals surface area contributed by atoms with Crippen molar-refractivity contribution in [1.82, 2.24) is 0 Å². The molecule has 0 radical (unpaired) electrons. The highest BCUT2D eigenvalue weighted by atomic mass is 19.1. The van der Waals surface area contributed by atoms with Crippen molar-refractivity contribution in [2.24, 2.45) is 5.92 Å². The van der Waals surface area contributed by atoms with Crippen molar-refractivity contribution in [2.75, 3.05) is 7.11 Å². The summed E-state index contributed by atoms with van der Waals surface area (Å²) in [4.78, 5) is 12.7. The van der Waals surface area contributed by atoms with Gasteiger partial charge in [-0.05, 0) is 41.8 Å². The summed E-state index contributed by atoms with van der Waals surface area (Å²) in [6.07, 6.45) is 1.64. The Morgan fingerprint density at radius 2 is 2.06 bits per heavy atom. The Morgan fingerprint density at radius 1 is 1.23 bits per heavy atom. The molecule has 7 heteroatoms. The molecule has 0 spiro atoms. The SMILES string of the molecule is COc1cc(C2C3=C(CCCC3=O)OC(=N)C2C#N)ccc1OCc1cccc(F)c1. The first-order chi connectivity index (χ1) is 15.0. The van der Waals surface area contributed by atoms with Crippen LogP contribution in [0.4, 0.5) is 4.39 Å². The average Bonchev–Trinajstić information content (AvgIpc) is 2.77. The van der Waals surface area contributed by atoms with Crippen LogP contribution in [0.25, 0.3) is 0 Å². The lowest BCUT2D eigenvalue weighted by molar-refractivity contribution is -0.116. The van der Waals surface area contributed by atoms with E-state index in [1.165, 1.54) is 19.2 Å². The average molecular weight is 420 g/mol. The minimum absolute atomic E-state index is 0.0515. The van der Waals surface area contributed by atoms with E-state index in [0.717, 1.165) is 0 Å². The number of rotatable bonds is 5. The molecule has 0 saturated carbocycles. The third-order valence-electron chi connectivity index (χ3n) is 5.54. The van der Waals surface area contributed by atoms with Gasteiger partial charge in [-0.3, -0.25) is 10.2 Å². The molecule has 1 aliphatic heterocycles. The summed E-state index contributed by atoms with van der Waals surface area (Å²) in [7, 11) is 1.50. The van der Waals surface area contributed by atoms with Crippen molar-refractivity contribution in [1.29, 1.82) is 10.7 Å². The van der Waals surface area contributed by atoms with E-state index in [0.29, 0.717) is 53.2 Å². The number of ether oxygens (including phenoxy) is 3. The highest BCUT2D eigenvalue weighted by molar-refractivity contribution is 6.01. The number of ketones is 1.